The van der Waals surface area contributed by atoms with Gasteiger partial charge in [-0.1, -0.05) is 30.3 Å². The molecule has 21 heavy (non-hydrogen) atoms. The van der Waals surface area contributed by atoms with E-state index in [0.29, 0.717) is 6.42 Å². The number of benzene rings is 1. The van der Waals surface area contributed by atoms with Crippen LogP contribution < -0.4 is 16.2 Å². The molecule has 4 N–H and O–H groups in total. The molecule has 0 radical (unpaired) electrons. The van der Waals surface area contributed by atoms with Gasteiger partial charge in [-0.2, -0.15) is 0 Å². The number of hydrogen-bond donors (Lipinski definition) is 4. The Labute approximate surface area is 122 Å². The Hall–Kier alpha value is -2.44. The van der Waals surface area contributed by atoms with Gasteiger partial charge in [-0.05, 0) is 24.1 Å². The third kappa shape index (κ3) is 3.01. The zero-order chi connectivity index (χ0) is 14.7. The standard InChI is InChI=1S/C15H16N4O2/c20-13-7-4-8-16-14(13)17-15(21)12-9-11(18-19-12)10-5-2-1-3-6-10/h1-8,11-12,18-20H,9H2,(H,16,17,21). The van der Waals surface area contributed by atoms with E-state index >= 15 is 0 Å². The molecular formula is C15H16N4O2. The molecule has 1 aliphatic heterocycles. The number of pyridine rings is 1. The first-order chi connectivity index (χ1) is 10.2. The van der Waals surface area contributed by atoms with Gasteiger partial charge in [0, 0.05) is 12.2 Å². The van der Waals surface area contributed by atoms with Crippen LogP contribution in [0.25, 0.3) is 0 Å². The largest absolute Gasteiger partial charge is 0.504 e. The molecule has 2 aromatic rings. The number of nitrogens with one attached hydrogen (secondary N) is 3. The molecular weight excluding hydrogens is 268 g/mol. The van der Waals surface area contributed by atoms with Gasteiger partial charge in [0.25, 0.3) is 0 Å². The molecule has 1 saturated heterocycles. The van der Waals surface area contributed by atoms with Crippen LogP contribution in [0.4, 0.5) is 5.82 Å². The molecule has 2 unspecified atom stereocenters. The molecule has 0 aliphatic carbocycles. The van der Waals surface area contributed by atoms with Crippen LogP contribution >= 0.6 is 0 Å². The van der Waals surface area contributed by atoms with Crippen LogP contribution in [-0.4, -0.2) is 22.0 Å². The summed E-state index contributed by atoms with van der Waals surface area (Å²) in [7, 11) is 0. The van der Waals surface area contributed by atoms with E-state index in [1.54, 1.807) is 6.07 Å². The molecule has 108 valence electrons. The third-order valence-corrected chi connectivity index (χ3v) is 3.45. The van der Waals surface area contributed by atoms with Gasteiger partial charge < -0.3 is 10.4 Å². The summed E-state index contributed by atoms with van der Waals surface area (Å²) in [6.07, 6.45) is 2.14. The highest BCUT2D eigenvalue weighted by atomic mass is 16.3. The second-order valence-electron chi connectivity index (χ2n) is 4.90. The van der Waals surface area contributed by atoms with Crippen molar-refractivity contribution in [2.24, 2.45) is 0 Å². The fourth-order valence-electron chi connectivity index (χ4n) is 2.33. The van der Waals surface area contributed by atoms with Crippen molar-refractivity contribution in [3.8, 4) is 5.75 Å². The molecule has 3 rings (SSSR count). The van der Waals surface area contributed by atoms with Crippen LogP contribution in [0.15, 0.2) is 48.7 Å². The molecule has 0 spiro atoms. The predicted octanol–water partition coefficient (Wildman–Crippen LogP) is 1.33. The van der Waals surface area contributed by atoms with Gasteiger partial charge in [0.1, 0.15) is 6.04 Å². The first-order valence-corrected chi connectivity index (χ1v) is 6.75. The fourth-order valence-corrected chi connectivity index (χ4v) is 2.33. The normalized spacial score (nSPS) is 21.1. The lowest BCUT2D eigenvalue weighted by atomic mass is 10.0. The van der Waals surface area contributed by atoms with Crippen molar-refractivity contribution in [3.05, 3.63) is 54.2 Å². The number of nitrogens with zero attached hydrogens (tertiary/aromatic N) is 1. The summed E-state index contributed by atoms with van der Waals surface area (Å²) in [5, 5.41) is 12.2. The van der Waals surface area contributed by atoms with Crippen molar-refractivity contribution in [2.45, 2.75) is 18.5 Å². The molecule has 0 saturated carbocycles. The lowest BCUT2D eigenvalue weighted by molar-refractivity contribution is -0.117. The molecule has 1 aromatic heterocycles. The smallest absolute Gasteiger partial charge is 0.244 e. The SMILES string of the molecule is O=C(Nc1ncccc1O)C1CC(c2ccccc2)NN1. The van der Waals surface area contributed by atoms with Gasteiger partial charge in [0.05, 0.1) is 0 Å². The fraction of sp³-hybridized carbons (Fsp3) is 0.200. The van der Waals surface area contributed by atoms with Crippen molar-refractivity contribution >= 4 is 11.7 Å². The first kappa shape index (κ1) is 13.5. The number of carbonyl (C=O) groups is 1. The monoisotopic (exact) mass is 284 g/mol. The number of anilines is 1. The quantitative estimate of drug-likeness (QED) is 0.683. The van der Waals surface area contributed by atoms with Crippen molar-refractivity contribution in [3.63, 3.8) is 0 Å². The Balaban J connectivity index is 1.64. The lowest BCUT2D eigenvalue weighted by Crippen LogP contribution is -2.39. The molecule has 1 amide bonds. The second-order valence-corrected chi connectivity index (χ2v) is 4.90. The average molecular weight is 284 g/mol. The van der Waals surface area contributed by atoms with E-state index in [2.05, 4.69) is 21.2 Å². The van der Waals surface area contributed by atoms with E-state index in [9.17, 15) is 9.90 Å². The van der Waals surface area contributed by atoms with E-state index in [1.807, 2.05) is 30.3 Å². The van der Waals surface area contributed by atoms with Gasteiger partial charge in [-0.15, -0.1) is 0 Å². The van der Waals surface area contributed by atoms with Gasteiger partial charge in [-0.3, -0.25) is 4.79 Å². The maximum atomic E-state index is 12.2. The summed E-state index contributed by atoms with van der Waals surface area (Å²) in [4.78, 5) is 16.1. The van der Waals surface area contributed by atoms with Gasteiger partial charge in [0.15, 0.2) is 11.6 Å². The zero-order valence-corrected chi connectivity index (χ0v) is 11.3. The van der Waals surface area contributed by atoms with E-state index in [0.717, 1.165) is 5.56 Å². The number of hydrogen-bond acceptors (Lipinski definition) is 5. The summed E-state index contributed by atoms with van der Waals surface area (Å²) in [5.41, 5.74) is 7.21. The number of rotatable bonds is 3. The molecule has 6 nitrogen and oxygen atoms in total. The van der Waals surface area contributed by atoms with Gasteiger partial charge in [-0.25, -0.2) is 15.8 Å². The van der Waals surface area contributed by atoms with Crippen molar-refractivity contribution in [2.75, 3.05) is 5.32 Å². The molecule has 2 atom stereocenters. The highest BCUT2D eigenvalue weighted by Crippen LogP contribution is 2.23. The topological polar surface area (TPSA) is 86.3 Å². The minimum absolute atomic E-state index is 0.0450. The highest BCUT2D eigenvalue weighted by Gasteiger charge is 2.30. The Kier molecular flexibility index (Phi) is 3.81. The number of carbonyl (C=O) groups excluding carboxylic acids is 1. The van der Waals surface area contributed by atoms with Crippen molar-refractivity contribution in [1.29, 1.82) is 0 Å². The van der Waals surface area contributed by atoms with E-state index in [-0.39, 0.29) is 29.6 Å². The number of amides is 1. The van der Waals surface area contributed by atoms with Gasteiger partial charge in [0.2, 0.25) is 5.91 Å². The average Bonchev–Trinajstić information content (AvgIpc) is 3.00. The maximum absolute atomic E-state index is 12.2. The molecule has 1 aliphatic rings. The van der Waals surface area contributed by atoms with E-state index in [1.165, 1.54) is 12.3 Å². The number of hydrazine groups is 1. The summed E-state index contributed by atoms with van der Waals surface area (Å²) in [6, 6.07) is 12.7. The van der Waals surface area contributed by atoms with Crippen LogP contribution in [0.2, 0.25) is 0 Å². The highest BCUT2D eigenvalue weighted by molar-refractivity contribution is 5.95. The van der Waals surface area contributed by atoms with Crippen LogP contribution in [0, 0.1) is 0 Å². The Morgan fingerprint density at radius 3 is 2.76 bits per heavy atom. The van der Waals surface area contributed by atoms with E-state index < -0.39 is 0 Å². The predicted molar refractivity (Wildman–Crippen MR) is 78.4 cm³/mol. The third-order valence-electron chi connectivity index (χ3n) is 3.45. The Morgan fingerprint density at radius 1 is 1.19 bits per heavy atom. The van der Waals surface area contributed by atoms with Crippen LogP contribution in [0.1, 0.15) is 18.0 Å². The zero-order valence-electron chi connectivity index (χ0n) is 11.3. The number of aromatic hydroxyl groups is 1. The van der Waals surface area contributed by atoms with Crippen LogP contribution in [0.3, 0.4) is 0 Å². The summed E-state index contributed by atoms with van der Waals surface area (Å²) in [6.45, 7) is 0. The molecule has 1 aromatic carbocycles. The molecule has 0 bridgehead atoms. The molecule has 6 heteroatoms. The Morgan fingerprint density at radius 2 is 2.00 bits per heavy atom. The van der Waals surface area contributed by atoms with Gasteiger partial charge >= 0.3 is 0 Å². The second kappa shape index (κ2) is 5.90. The van der Waals surface area contributed by atoms with Crippen LogP contribution in [-0.2, 0) is 4.79 Å². The maximum Gasteiger partial charge on any atom is 0.244 e. The summed E-state index contributed by atoms with van der Waals surface area (Å²) in [5.74, 6) is -0.0983. The minimum Gasteiger partial charge on any atom is -0.504 e. The minimum atomic E-state index is -0.378. The Bertz CT molecular complexity index is 633. The van der Waals surface area contributed by atoms with Crippen molar-refractivity contribution in [1.82, 2.24) is 15.8 Å². The molecule has 1 fully saturated rings. The lowest BCUT2D eigenvalue weighted by Gasteiger charge is -2.10. The van der Waals surface area contributed by atoms with E-state index in [4.69, 9.17) is 0 Å². The summed E-state index contributed by atoms with van der Waals surface area (Å²) >= 11 is 0. The molecule has 2 heterocycles. The first-order valence-electron chi connectivity index (χ1n) is 6.75. The van der Waals surface area contributed by atoms with Crippen LogP contribution in [0.5, 0.6) is 5.75 Å². The number of aromatic nitrogens is 1. The summed E-state index contributed by atoms with van der Waals surface area (Å²) < 4.78 is 0. The van der Waals surface area contributed by atoms with Crippen molar-refractivity contribution < 1.29 is 9.90 Å².